The fourth-order valence-electron chi connectivity index (χ4n) is 2.42. The molecule has 122 valence electrons. The van der Waals surface area contributed by atoms with Crippen molar-refractivity contribution in [2.24, 2.45) is 0 Å². The van der Waals surface area contributed by atoms with Gasteiger partial charge in [-0.05, 0) is 41.0 Å². The van der Waals surface area contributed by atoms with Crippen LogP contribution in [0.2, 0.25) is 0 Å². The Morgan fingerprint density at radius 3 is 1.54 bits per heavy atom. The lowest BCUT2D eigenvalue weighted by Crippen LogP contribution is -2.08. The zero-order valence-electron chi connectivity index (χ0n) is 14.7. The summed E-state index contributed by atoms with van der Waals surface area (Å²) in [5, 5.41) is 8.74. The second-order valence-electron chi connectivity index (χ2n) is 5.95. The lowest BCUT2D eigenvalue weighted by Gasteiger charge is -2.15. The standard InChI is InChI=1S/C21H23N3/c1-23(2)19-12-8-17(9-13-19)21(7-5-6-16-22)18-10-14-20(15-11-18)24(3)4/h5-15H,1-4H3. The highest BCUT2D eigenvalue weighted by atomic mass is 15.1. The molecule has 2 rings (SSSR count). The molecule has 0 saturated heterocycles. The van der Waals surface area contributed by atoms with Crippen LogP contribution in [-0.2, 0) is 0 Å². The van der Waals surface area contributed by atoms with Crippen LogP contribution in [0.5, 0.6) is 0 Å². The summed E-state index contributed by atoms with van der Waals surface area (Å²) in [5.74, 6) is 0. The molecule has 0 saturated carbocycles. The molecule has 3 heteroatoms. The Kier molecular flexibility index (Phi) is 5.81. The minimum atomic E-state index is 1.09. The predicted octanol–water partition coefficient (Wildman–Crippen LogP) is 4.33. The van der Waals surface area contributed by atoms with Crippen LogP contribution in [0.4, 0.5) is 11.4 Å². The van der Waals surface area contributed by atoms with Crippen LogP contribution in [0.15, 0.2) is 66.8 Å². The normalized spacial score (nSPS) is 10.3. The summed E-state index contributed by atoms with van der Waals surface area (Å²) in [7, 11) is 8.12. The largest absolute Gasteiger partial charge is 0.378 e. The number of nitriles is 1. The molecule has 2 aromatic carbocycles. The van der Waals surface area contributed by atoms with E-state index in [0.717, 1.165) is 28.1 Å². The van der Waals surface area contributed by atoms with E-state index in [1.165, 1.54) is 6.08 Å². The van der Waals surface area contributed by atoms with Crippen molar-refractivity contribution in [3.63, 3.8) is 0 Å². The molecule has 0 aromatic heterocycles. The van der Waals surface area contributed by atoms with Gasteiger partial charge in [0.05, 0.1) is 6.07 Å². The summed E-state index contributed by atoms with van der Waals surface area (Å²) < 4.78 is 0. The average Bonchev–Trinajstić information content (AvgIpc) is 2.59. The van der Waals surface area contributed by atoms with Crippen LogP contribution in [0, 0.1) is 11.3 Å². The van der Waals surface area contributed by atoms with Gasteiger partial charge >= 0.3 is 0 Å². The molecular weight excluding hydrogens is 294 g/mol. The van der Waals surface area contributed by atoms with Crippen LogP contribution in [0.3, 0.4) is 0 Å². The smallest absolute Gasteiger partial charge is 0.0912 e. The van der Waals surface area contributed by atoms with Crippen molar-refractivity contribution in [2.75, 3.05) is 38.0 Å². The number of allylic oxidation sites excluding steroid dienone is 3. The van der Waals surface area contributed by atoms with Gasteiger partial charge in [-0.3, -0.25) is 0 Å². The van der Waals surface area contributed by atoms with E-state index in [0.29, 0.717) is 0 Å². The third-order valence-corrected chi connectivity index (χ3v) is 3.82. The Bertz CT molecular complexity index is 705. The van der Waals surface area contributed by atoms with Crippen molar-refractivity contribution in [1.82, 2.24) is 0 Å². The van der Waals surface area contributed by atoms with Crippen LogP contribution in [0.25, 0.3) is 5.57 Å². The Morgan fingerprint density at radius 2 is 1.21 bits per heavy atom. The van der Waals surface area contributed by atoms with Crippen LogP contribution in [0.1, 0.15) is 11.1 Å². The molecule has 0 aliphatic rings. The lowest BCUT2D eigenvalue weighted by atomic mass is 9.97. The summed E-state index contributed by atoms with van der Waals surface area (Å²) >= 11 is 0. The topological polar surface area (TPSA) is 30.3 Å². The molecule has 0 fully saturated rings. The number of hydrogen-bond acceptors (Lipinski definition) is 3. The van der Waals surface area contributed by atoms with E-state index in [9.17, 15) is 0 Å². The highest BCUT2D eigenvalue weighted by molar-refractivity contribution is 5.82. The van der Waals surface area contributed by atoms with Gasteiger partial charge in [0.2, 0.25) is 0 Å². The molecule has 0 N–H and O–H groups in total. The SMILES string of the molecule is CN(C)c1ccc(C(=CC=CC#N)c2ccc(N(C)C)cc2)cc1. The van der Waals surface area contributed by atoms with Gasteiger partial charge in [-0.25, -0.2) is 0 Å². The number of anilines is 2. The van der Waals surface area contributed by atoms with Gasteiger partial charge in [-0.15, -0.1) is 0 Å². The van der Waals surface area contributed by atoms with E-state index in [-0.39, 0.29) is 0 Å². The predicted molar refractivity (Wildman–Crippen MR) is 103 cm³/mol. The molecule has 0 aliphatic heterocycles. The number of hydrogen-bond donors (Lipinski definition) is 0. The van der Waals surface area contributed by atoms with E-state index < -0.39 is 0 Å². The highest BCUT2D eigenvalue weighted by Gasteiger charge is 2.06. The molecule has 0 aliphatic carbocycles. The van der Waals surface area contributed by atoms with Crippen LogP contribution in [-0.4, -0.2) is 28.2 Å². The monoisotopic (exact) mass is 317 g/mol. The van der Waals surface area contributed by atoms with Crippen molar-refractivity contribution >= 4 is 16.9 Å². The Hall–Kier alpha value is -2.99. The second kappa shape index (κ2) is 8.03. The fourth-order valence-corrected chi connectivity index (χ4v) is 2.42. The maximum absolute atomic E-state index is 8.74. The summed E-state index contributed by atoms with van der Waals surface area (Å²) in [4.78, 5) is 4.16. The molecule has 24 heavy (non-hydrogen) atoms. The maximum atomic E-state index is 8.74. The first-order chi connectivity index (χ1) is 11.5. The van der Waals surface area contributed by atoms with Crippen molar-refractivity contribution in [3.05, 3.63) is 77.9 Å². The third kappa shape index (κ3) is 4.27. The quantitative estimate of drug-likeness (QED) is 0.607. The van der Waals surface area contributed by atoms with Gasteiger partial charge in [-0.1, -0.05) is 36.4 Å². The van der Waals surface area contributed by atoms with E-state index in [2.05, 4.69) is 58.3 Å². The molecule has 0 radical (unpaired) electrons. The maximum Gasteiger partial charge on any atom is 0.0912 e. The molecule has 0 bridgehead atoms. The first kappa shape index (κ1) is 17.4. The first-order valence-electron chi connectivity index (χ1n) is 7.85. The Morgan fingerprint density at radius 1 is 0.792 bits per heavy atom. The zero-order chi connectivity index (χ0) is 17.5. The number of benzene rings is 2. The van der Waals surface area contributed by atoms with Crippen molar-refractivity contribution in [2.45, 2.75) is 0 Å². The molecule has 0 unspecified atom stereocenters. The summed E-state index contributed by atoms with van der Waals surface area (Å²) in [5.41, 5.74) is 5.67. The minimum Gasteiger partial charge on any atom is -0.378 e. The van der Waals surface area contributed by atoms with Crippen LogP contribution < -0.4 is 9.80 Å². The summed E-state index contributed by atoms with van der Waals surface area (Å²) in [6.45, 7) is 0. The minimum absolute atomic E-state index is 1.09. The summed E-state index contributed by atoms with van der Waals surface area (Å²) in [6, 6.07) is 18.9. The number of rotatable bonds is 5. The molecule has 2 aromatic rings. The Balaban J connectivity index is 2.43. The summed E-state index contributed by atoms with van der Waals surface area (Å²) in [6.07, 6.45) is 5.26. The van der Waals surface area contributed by atoms with Crippen molar-refractivity contribution in [1.29, 1.82) is 5.26 Å². The molecule has 0 heterocycles. The van der Waals surface area contributed by atoms with Crippen molar-refractivity contribution < 1.29 is 0 Å². The fraction of sp³-hybridized carbons (Fsp3) is 0.190. The van der Waals surface area contributed by atoms with Gasteiger partial charge in [0, 0.05) is 45.6 Å². The zero-order valence-corrected chi connectivity index (χ0v) is 14.7. The average molecular weight is 317 g/mol. The van der Waals surface area contributed by atoms with Gasteiger partial charge in [0.1, 0.15) is 0 Å². The molecule has 0 atom stereocenters. The van der Waals surface area contributed by atoms with Gasteiger partial charge in [0.25, 0.3) is 0 Å². The first-order valence-corrected chi connectivity index (χ1v) is 7.85. The second-order valence-corrected chi connectivity index (χ2v) is 5.95. The Labute approximate surface area is 144 Å². The van der Waals surface area contributed by atoms with Crippen molar-refractivity contribution in [3.8, 4) is 6.07 Å². The van der Waals surface area contributed by atoms with Gasteiger partial charge in [-0.2, -0.15) is 5.26 Å². The van der Waals surface area contributed by atoms with E-state index in [1.54, 1.807) is 6.08 Å². The number of nitrogens with zero attached hydrogens (tertiary/aromatic N) is 3. The molecule has 3 nitrogen and oxygen atoms in total. The molecule has 0 amide bonds. The third-order valence-electron chi connectivity index (χ3n) is 3.82. The van der Waals surface area contributed by atoms with Crippen LogP contribution >= 0.6 is 0 Å². The van der Waals surface area contributed by atoms with E-state index >= 15 is 0 Å². The van der Waals surface area contributed by atoms with Gasteiger partial charge < -0.3 is 9.80 Å². The van der Waals surface area contributed by atoms with E-state index in [4.69, 9.17) is 5.26 Å². The highest BCUT2D eigenvalue weighted by Crippen LogP contribution is 2.27. The van der Waals surface area contributed by atoms with E-state index in [1.807, 2.05) is 40.3 Å². The molecule has 0 spiro atoms. The lowest BCUT2D eigenvalue weighted by molar-refractivity contribution is 1.13. The van der Waals surface area contributed by atoms with Gasteiger partial charge in [0.15, 0.2) is 0 Å². The molecular formula is C21H23N3.